The van der Waals surface area contributed by atoms with Gasteiger partial charge in [-0.2, -0.15) is 0 Å². The fourth-order valence-electron chi connectivity index (χ4n) is 2.52. The number of anilines is 2. The van der Waals surface area contributed by atoms with E-state index in [1.807, 2.05) is 6.07 Å². The maximum atomic E-state index is 11.6. The molecule has 1 aliphatic heterocycles. The van der Waals surface area contributed by atoms with Crippen molar-refractivity contribution in [1.82, 2.24) is 0 Å². The lowest BCUT2D eigenvalue weighted by Gasteiger charge is -2.33. The van der Waals surface area contributed by atoms with Gasteiger partial charge in [0.15, 0.2) is 0 Å². The van der Waals surface area contributed by atoms with Crippen LogP contribution in [0.15, 0.2) is 18.2 Å². The van der Waals surface area contributed by atoms with E-state index >= 15 is 0 Å². The number of carbonyl (C=O) groups is 2. The number of carbonyl (C=O) groups excluding carboxylic acids is 2. The summed E-state index contributed by atoms with van der Waals surface area (Å²) in [5, 5.41) is 0. The van der Waals surface area contributed by atoms with E-state index < -0.39 is 5.97 Å². The molecule has 0 bridgehead atoms. The molecule has 2 rings (SSSR count). The molecule has 1 aliphatic rings. The number of hydrogen-bond donors (Lipinski definition) is 2. The molecule has 1 amide bonds. The lowest BCUT2D eigenvalue weighted by atomic mass is 9.95. The maximum Gasteiger partial charge on any atom is 0.340 e. The highest BCUT2D eigenvalue weighted by Crippen LogP contribution is 2.30. The summed E-state index contributed by atoms with van der Waals surface area (Å²) in [5.74, 6) is -0.770. The van der Waals surface area contributed by atoms with Crippen LogP contribution in [0.4, 0.5) is 11.4 Å². The number of amides is 1. The molecule has 0 aromatic heterocycles. The van der Waals surface area contributed by atoms with Gasteiger partial charge in [0.1, 0.15) is 0 Å². The predicted octanol–water partition coefficient (Wildman–Crippen LogP) is 0.757. The van der Waals surface area contributed by atoms with E-state index in [2.05, 4.69) is 4.90 Å². The Bertz CT molecular complexity index is 522. The van der Waals surface area contributed by atoms with Crippen LogP contribution in [0, 0.1) is 5.92 Å². The summed E-state index contributed by atoms with van der Waals surface area (Å²) in [4.78, 5) is 24.9. The van der Waals surface area contributed by atoms with Crippen LogP contribution in [-0.2, 0) is 9.53 Å². The van der Waals surface area contributed by atoms with Crippen molar-refractivity contribution >= 4 is 23.3 Å². The van der Waals surface area contributed by atoms with Gasteiger partial charge in [-0.15, -0.1) is 0 Å². The van der Waals surface area contributed by atoms with Gasteiger partial charge < -0.3 is 21.1 Å². The summed E-state index contributed by atoms with van der Waals surface area (Å²) in [6.07, 6.45) is 1.41. The van der Waals surface area contributed by atoms with Crippen LogP contribution < -0.4 is 16.4 Å². The zero-order valence-electron chi connectivity index (χ0n) is 11.5. The third-order valence-corrected chi connectivity index (χ3v) is 3.73. The van der Waals surface area contributed by atoms with Gasteiger partial charge in [-0.25, -0.2) is 4.79 Å². The van der Waals surface area contributed by atoms with Gasteiger partial charge >= 0.3 is 5.97 Å². The Morgan fingerprint density at radius 3 is 2.50 bits per heavy atom. The number of methoxy groups -OCH3 is 1. The maximum absolute atomic E-state index is 11.6. The van der Waals surface area contributed by atoms with Crippen molar-refractivity contribution in [2.24, 2.45) is 11.7 Å². The molecule has 1 saturated heterocycles. The minimum Gasteiger partial charge on any atom is -0.465 e. The Kier molecular flexibility index (Phi) is 4.12. The van der Waals surface area contributed by atoms with Gasteiger partial charge in [0.25, 0.3) is 0 Å². The molecule has 20 heavy (non-hydrogen) atoms. The van der Waals surface area contributed by atoms with E-state index in [0.29, 0.717) is 37.2 Å². The molecule has 0 spiro atoms. The van der Waals surface area contributed by atoms with Crippen molar-refractivity contribution in [2.75, 3.05) is 30.8 Å². The summed E-state index contributed by atoms with van der Waals surface area (Å²) in [6, 6.07) is 5.28. The molecular weight excluding hydrogens is 258 g/mol. The molecule has 1 heterocycles. The molecule has 1 aromatic carbocycles. The minimum absolute atomic E-state index is 0.0729. The van der Waals surface area contributed by atoms with E-state index in [-0.39, 0.29) is 11.8 Å². The van der Waals surface area contributed by atoms with E-state index in [9.17, 15) is 9.59 Å². The normalized spacial score (nSPS) is 15.9. The van der Waals surface area contributed by atoms with Gasteiger partial charge in [-0.3, -0.25) is 4.79 Å². The van der Waals surface area contributed by atoms with Gasteiger partial charge in [0, 0.05) is 19.0 Å². The smallest absolute Gasteiger partial charge is 0.340 e. The molecule has 4 N–H and O–H groups in total. The quantitative estimate of drug-likeness (QED) is 0.627. The average molecular weight is 277 g/mol. The molecule has 0 unspecified atom stereocenters. The molecule has 0 atom stereocenters. The monoisotopic (exact) mass is 277 g/mol. The number of benzene rings is 1. The van der Waals surface area contributed by atoms with Gasteiger partial charge in [-0.1, -0.05) is 6.07 Å². The first-order valence-corrected chi connectivity index (χ1v) is 6.55. The second-order valence-electron chi connectivity index (χ2n) is 4.89. The SMILES string of the molecule is COC(=O)c1cccc(N2CCC(C(N)=O)CC2)c1N. The fraction of sp³-hybridized carbons (Fsp3) is 0.429. The van der Waals surface area contributed by atoms with Crippen LogP contribution in [-0.4, -0.2) is 32.1 Å². The Balaban J connectivity index is 2.18. The molecule has 6 heteroatoms. The zero-order valence-corrected chi connectivity index (χ0v) is 11.5. The minimum atomic E-state index is -0.448. The number of rotatable bonds is 3. The van der Waals surface area contributed by atoms with Crippen molar-refractivity contribution in [3.63, 3.8) is 0 Å². The number of hydrogen-bond acceptors (Lipinski definition) is 5. The van der Waals surface area contributed by atoms with Gasteiger partial charge in [-0.05, 0) is 25.0 Å². The molecule has 0 radical (unpaired) electrons. The number of piperidine rings is 1. The highest BCUT2D eigenvalue weighted by Gasteiger charge is 2.25. The molecular formula is C14H19N3O3. The van der Waals surface area contributed by atoms with Gasteiger partial charge in [0.2, 0.25) is 5.91 Å². The zero-order chi connectivity index (χ0) is 14.7. The number of ether oxygens (including phenoxy) is 1. The summed E-state index contributed by atoms with van der Waals surface area (Å²) < 4.78 is 4.71. The van der Waals surface area contributed by atoms with Crippen LogP contribution in [0.25, 0.3) is 0 Å². The van der Waals surface area contributed by atoms with Crippen molar-refractivity contribution < 1.29 is 14.3 Å². The van der Waals surface area contributed by atoms with Crippen LogP contribution in [0.1, 0.15) is 23.2 Å². The Morgan fingerprint density at radius 1 is 1.30 bits per heavy atom. The highest BCUT2D eigenvalue weighted by molar-refractivity contribution is 5.98. The molecule has 1 aromatic rings. The van der Waals surface area contributed by atoms with Crippen molar-refractivity contribution in [3.8, 4) is 0 Å². The summed E-state index contributed by atoms with van der Waals surface area (Å²) in [6.45, 7) is 1.39. The van der Waals surface area contributed by atoms with Crippen LogP contribution in [0.5, 0.6) is 0 Å². The Hall–Kier alpha value is -2.24. The molecule has 6 nitrogen and oxygen atoms in total. The Labute approximate surface area is 117 Å². The molecule has 1 fully saturated rings. The van der Waals surface area contributed by atoms with Crippen LogP contribution in [0.2, 0.25) is 0 Å². The van der Waals surface area contributed by atoms with E-state index in [1.54, 1.807) is 12.1 Å². The first kappa shape index (κ1) is 14.2. The second-order valence-corrected chi connectivity index (χ2v) is 4.89. The van der Waals surface area contributed by atoms with E-state index in [4.69, 9.17) is 16.2 Å². The molecule has 0 saturated carbocycles. The fourth-order valence-corrected chi connectivity index (χ4v) is 2.52. The number of nitrogens with two attached hydrogens (primary N) is 2. The molecule has 108 valence electrons. The number of nitrogens with zero attached hydrogens (tertiary/aromatic N) is 1. The number of para-hydroxylation sites is 1. The van der Waals surface area contributed by atoms with E-state index in [0.717, 1.165) is 5.69 Å². The Morgan fingerprint density at radius 2 is 1.95 bits per heavy atom. The summed E-state index contributed by atoms with van der Waals surface area (Å²) in [5.41, 5.74) is 12.9. The first-order chi connectivity index (χ1) is 9.54. The second kappa shape index (κ2) is 5.81. The highest BCUT2D eigenvalue weighted by atomic mass is 16.5. The summed E-state index contributed by atoms with van der Waals surface area (Å²) in [7, 11) is 1.33. The van der Waals surface area contributed by atoms with E-state index in [1.165, 1.54) is 7.11 Å². The predicted molar refractivity (Wildman–Crippen MR) is 76.3 cm³/mol. The van der Waals surface area contributed by atoms with Crippen molar-refractivity contribution in [2.45, 2.75) is 12.8 Å². The van der Waals surface area contributed by atoms with Crippen molar-refractivity contribution in [1.29, 1.82) is 0 Å². The number of nitrogen functional groups attached to an aromatic ring is 1. The summed E-state index contributed by atoms with van der Waals surface area (Å²) >= 11 is 0. The van der Waals surface area contributed by atoms with Gasteiger partial charge in [0.05, 0.1) is 24.0 Å². The lowest BCUT2D eigenvalue weighted by Crippen LogP contribution is -2.39. The number of esters is 1. The first-order valence-electron chi connectivity index (χ1n) is 6.55. The largest absolute Gasteiger partial charge is 0.465 e. The topological polar surface area (TPSA) is 98.6 Å². The lowest BCUT2D eigenvalue weighted by molar-refractivity contribution is -0.122. The standard InChI is InChI=1S/C14H19N3O3/c1-20-14(19)10-3-2-4-11(12(10)15)17-7-5-9(6-8-17)13(16)18/h2-4,9H,5-8,15H2,1H3,(H2,16,18). The third kappa shape index (κ3) is 2.68. The number of primary amides is 1. The van der Waals surface area contributed by atoms with Crippen LogP contribution >= 0.6 is 0 Å². The van der Waals surface area contributed by atoms with Crippen molar-refractivity contribution in [3.05, 3.63) is 23.8 Å². The average Bonchev–Trinajstić information content (AvgIpc) is 2.47. The van der Waals surface area contributed by atoms with Crippen LogP contribution in [0.3, 0.4) is 0 Å². The molecule has 0 aliphatic carbocycles. The third-order valence-electron chi connectivity index (χ3n) is 3.73.